The van der Waals surface area contributed by atoms with Crippen LogP contribution in [0.3, 0.4) is 0 Å². The van der Waals surface area contributed by atoms with Crippen molar-refractivity contribution in [2.45, 2.75) is 25.0 Å². The van der Waals surface area contributed by atoms with Crippen LogP contribution in [0.4, 0.5) is 0 Å². The maximum atomic E-state index is 12.0. The SMILES string of the molecule is CSc1ncc(Cl)c(C(=O)NC(C)C(C)CO)n1. The third-order valence-corrected chi connectivity index (χ3v) is 3.46. The zero-order valence-electron chi connectivity index (χ0n) is 10.5. The highest BCUT2D eigenvalue weighted by Crippen LogP contribution is 2.16. The molecular formula is C11H16ClN3O2S. The zero-order valence-corrected chi connectivity index (χ0v) is 12.0. The maximum absolute atomic E-state index is 12.0. The molecule has 2 N–H and O–H groups in total. The summed E-state index contributed by atoms with van der Waals surface area (Å²) in [5, 5.41) is 12.5. The van der Waals surface area contributed by atoms with E-state index in [4.69, 9.17) is 16.7 Å². The third kappa shape index (κ3) is 3.83. The number of amides is 1. The molecule has 1 heterocycles. The number of nitrogens with one attached hydrogen (secondary N) is 1. The molecule has 0 aliphatic rings. The molecule has 2 unspecified atom stereocenters. The Morgan fingerprint density at radius 3 is 2.83 bits per heavy atom. The summed E-state index contributed by atoms with van der Waals surface area (Å²) < 4.78 is 0. The highest BCUT2D eigenvalue weighted by atomic mass is 35.5. The summed E-state index contributed by atoms with van der Waals surface area (Å²) in [5.74, 6) is -0.389. The maximum Gasteiger partial charge on any atom is 0.271 e. The number of carbonyl (C=O) groups is 1. The quantitative estimate of drug-likeness (QED) is 0.636. The van der Waals surface area contributed by atoms with E-state index in [9.17, 15) is 4.79 Å². The van der Waals surface area contributed by atoms with E-state index in [-0.39, 0.29) is 35.2 Å². The Balaban J connectivity index is 2.83. The van der Waals surface area contributed by atoms with E-state index < -0.39 is 0 Å². The first kappa shape index (κ1) is 15.2. The van der Waals surface area contributed by atoms with Crippen LogP contribution in [0.25, 0.3) is 0 Å². The van der Waals surface area contributed by atoms with Crippen molar-refractivity contribution in [1.82, 2.24) is 15.3 Å². The smallest absolute Gasteiger partial charge is 0.271 e. The van der Waals surface area contributed by atoms with Gasteiger partial charge in [0.2, 0.25) is 0 Å². The number of aliphatic hydroxyl groups excluding tert-OH is 1. The Labute approximate surface area is 115 Å². The predicted molar refractivity (Wildman–Crippen MR) is 72.0 cm³/mol. The molecule has 1 rings (SSSR count). The summed E-state index contributed by atoms with van der Waals surface area (Å²) in [6.45, 7) is 3.68. The van der Waals surface area contributed by atoms with E-state index in [0.29, 0.717) is 5.16 Å². The van der Waals surface area contributed by atoms with Crippen LogP contribution >= 0.6 is 23.4 Å². The molecular weight excluding hydrogens is 274 g/mol. The molecule has 2 atom stereocenters. The standard InChI is InChI=1S/C11H16ClN3O2S/c1-6(5-16)7(2)14-10(17)9-8(12)4-13-11(15-9)18-3/h4,6-7,16H,5H2,1-3H3,(H,14,17). The topological polar surface area (TPSA) is 75.1 Å². The third-order valence-electron chi connectivity index (χ3n) is 2.62. The summed E-state index contributed by atoms with van der Waals surface area (Å²) in [7, 11) is 0. The average Bonchev–Trinajstić information content (AvgIpc) is 2.38. The van der Waals surface area contributed by atoms with Gasteiger partial charge >= 0.3 is 0 Å². The number of nitrogens with zero attached hydrogens (tertiary/aromatic N) is 2. The van der Waals surface area contributed by atoms with Gasteiger partial charge in [0.25, 0.3) is 5.91 Å². The van der Waals surface area contributed by atoms with Gasteiger partial charge in [-0.25, -0.2) is 9.97 Å². The minimum atomic E-state index is -0.356. The minimum absolute atomic E-state index is 0.00894. The van der Waals surface area contributed by atoms with Crippen molar-refractivity contribution in [2.24, 2.45) is 5.92 Å². The van der Waals surface area contributed by atoms with Crippen molar-refractivity contribution in [3.8, 4) is 0 Å². The number of halogens is 1. The van der Waals surface area contributed by atoms with Crippen molar-refractivity contribution in [1.29, 1.82) is 0 Å². The molecule has 0 aliphatic carbocycles. The molecule has 1 aromatic rings. The Bertz CT molecular complexity index is 431. The van der Waals surface area contributed by atoms with Gasteiger partial charge < -0.3 is 10.4 Å². The number of rotatable bonds is 5. The van der Waals surface area contributed by atoms with Gasteiger partial charge in [0.1, 0.15) is 0 Å². The monoisotopic (exact) mass is 289 g/mol. The van der Waals surface area contributed by atoms with Gasteiger partial charge in [-0.3, -0.25) is 4.79 Å². The van der Waals surface area contributed by atoms with Gasteiger partial charge in [-0.15, -0.1) is 0 Å². The van der Waals surface area contributed by atoms with Gasteiger partial charge in [0.15, 0.2) is 10.9 Å². The normalized spacial score (nSPS) is 14.1. The van der Waals surface area contributed by atoms with E-state index in [1.807, 2.05) is 20.1 Å². The number of hydrogen-bond acceptors (Lipinski definition) is 5. The molecule has 100 valence electrons. The second-order valence-electron chi connectivity index (χ2n) is 3.98. The Kier molecular flexibility index (Phi) is 5.84. The summed E-state index contributed by atoms with van der Waals surface area (Å²) in [4.78, 5) is 20.0. The molecule has 0 saturated heterocycles. The fourth-order valence-electron chi connectivity index (χ4n) is 1.18. The van der Waals surface area contributed by atoms with Crippen LogP contribution in [0.2, 0.25) is 5.02 Å². The summed E-state index contributed by atoms with van der Waals surface area (Å²) in [6, 6.07) is -0.161. The van der Waals surface area contributed by atoms with Gasteiger partial charge in [0.05, 0.1) is 11.2 Å². The summed E-state index contributed by atoms with van der Waals surface area (Å²) >= 11 is 7.24. The van der Waals surface area contributed by atoms with Gasteiger partial charge in [-0.2, -0.15) is 0 Å². The van der Waals surface area contributed by atoms with Crippen molar-refractivity contribution in [3.63, 3.8) is 0 Å². The Hall–Kier alpha value is -0.850. The first-order valence-corrected chi connectivity index (χ1v) is 7.08. The molecule has 1 aromatic heterocycles. The zero-order chi connectivity index (χ0) is 13.7. The van der Waals surface area contributed by atoms with Crippen LogP contribution in [0.1, 0.15) is 24.3 Å². The molecule has 0 saturated carbocycles. The number of carbonyl (C=O) groups excluding carboxylic acids is 1. The first-order chi connectivity index (χ1) is 8.49. The average molecular weight is 290 g/mol. The Morgan fingerprint density at radius 1 is 1.61 bits per heavy atom. The van der Waals surface area contributed by atoms with E-state index in [0.717, 1.165) is 0 Å². The fraction of sp³-hybridized carbons (Fsp3) is 0.545. The fourth-order valence-corrected chi connectivity index (χ4v) is 1.70. The molecule has 0 bridgehead atoms. The molecule has 5 nitrogen and oxygen atoms in total. The van der Waals surface area contributed by atoms with Gasteiger partial charge in [0, 0.05) is 12.6 Å². The number of aliphatic hydroxyl groups is 1. The first-order valence-electron chi connectivity index (χ1n) is 5.47. The van der Waals surface area contributed by atoms with Gasteiger partial charge in [-0.05, 0) is 19.1 Å². The highest BCUT2D eigenvalue weighted by molar-refractivity contribution is 7.98. The summed E-state index contributed by atoms with van der Waals surface area (Å²) in [6.07, 6.45) is 3.23. The van der Waals surface area contributed by atoms with Crippen LogP contribution in [-0.4, -0.2) is 39.9 Å². The van der Waals surface area contributed by atoms with E-state index in [2.05, 4.69) is 15.3 Å². The van der Waals surface area contributed by atoms with Crippen molar-refractivity contribution in [3.05, 3.63) is 16.9 Å². The van der Waals surface area contributed by atoms with E-state index in [1.165, 1.54) is 18.0 Å². The van der Waals surface area contributed by atoms with Crippen molar-refractivity contribution in [2.75, 3.05) is 12.9 Å². The molecule has 0 radical (unpaired) electrons. The van der Waals surface area contributed by atoms with E-state index in [1.54, 1.807) is 0 Å². The molecule has 1 amide bonds. The number of thioether (sulfide) groups is 1. The largest absolute Gasteiger partial charge is 0.396 e. The minimum Gasteiger partial charge on any atom is -0.396 e. The highest BCUT2D eigenvalue weighted by Gasteiger charge is 2.19. The molecule has 0 aliphatic heterocycles. The van der Waals surface area contributed by atoms with E-state index >= 15 is 0 Å². The second-order valence-corrected chi connectivity index (χ2v) is 5.16. The van der Waals surface area contributed by atoms with Crippen LogP contribution in [-0.2, 0) is 0 Å². The van der Waals surface area contributed by atoms with Crippen molar-refractivity contribution < 1.29 is 9.90 Å². The lowest BCUT2D eigenvalue weighted by Gasteiger charge is -2.19. The lowest BCUT2D eigenvalue weighted by atomic mass is 10.1. The lowest BCUT2D eigenvalue weighted by Crippen LogP contribution is -2.38. The Morgan fingerprint density at radius 2 is 2.28 bits per heavy atom. The molecule has 0 aromatic carbocycles. The van der Waals surface area contributed by atoms with Crippen LogP contribution in [0.15, 0.2) is 11.4 Å². The van der Waals surface area contributed by atoms with Crippen LogP contribution < -0.4 is 5.32 Å². The molecule has 0 spiro atoms. The molecule has 0 fully saturated rings. The number of hydrogen-bond donors (Lipinski definition) is 2. The molecule has 18 heavy (non-hydrogen) atoms. The lowest BCUT2D eigenvalue weighted by molar-refractivity contribution is 0.0910. The summed E-state index contributed by atoms with van der Waals surface area (Å²) in [5.41, 5.74) is 0.160. The number of aromatic nitrogens is 2. The predicted octanol–water partition coefficient (Wildman–Crippen LogP) is 1.60. The van der Waals surface area contributed by atoms with Crippen LogP contribution in [0.5, 0.6) is 0 Å². The van der Waals surface area contributed by atoms with Gasteiger partial charge in [-0.1, -0.05) is 30.3 Å². The molecule has 7 heteroatoms. The van der Waals surface area contributed by atoms with Crippen LogP contribution in [0, 0.1) is 5.92 Å². The van der Waals surface area contributed by atoms with Crippen molar-refractivity contribution >= 4 is 29.3 Å². The second kappa shape index (κ2) is 6.92.